The lowest BCUT2D eigenvalue weighted by atomic mass is 10.2. The van der Waals surface area contributed by atoms with E-state index >= 15 is 0 Å². The van der Waals surface area contributed by atoms with Crippen molar-refractivity contribution in [3.8, 4) is 11.5 Å². The average Bonchev–Trinajstić information content (AvgIpc) is 2.49. The number of alkyl halides is 2. The summed E-state index contributed by atoms with van der Waals surface area (Å²) in [5.41, 5.74) is 0.474. The number of carbonyl (C=O) groups excluding carboxylic acids is 1. The Morgan fingerprint density at radius 1 is 1.36 bits per heavy atom. The van der Waals surface area contributed by atoms with E-state index in [0.29, 0.717) is 30.9 Å². The fourth-order valence-electron chi connectivity index (χ4n) is 1.72. The van der Waals surface area contributed by atoms with Crippen LogP contribution >= 0.6 is 0 Å². The Morgan fingerprint density at radius 3 is 2.77 bits per heavy atom. The highest BCUT2D eigenvalue weighted by molar-refractivity contribution is 5.76. The molecular formula is C15H22F2N2O3. The Hall–Kier alpha value is -1.89. The van der Waals surface area contributed by atoms with E-state index in [0.717, 1.165) is 6.42 Å². The average molecular weight is 316 g/mol. The summed E-state index contributed by atoms with van der Waals surface area (Å²) in [6, 6.07) is 4.70. The quantitative estimate of drug-likeness (QED) is 0.695. The van der Waals surface area contributed by atoms with Gasteiger partial charge < -0.3 is 20.1 Å². The Balaban J connectivity index is 2.72. The molecule has 7 heteroatoms. The Kier molecular flexibility index (Phi) is 8.21. The van der Waals surface area contributed by atoms with Crippen molar-refractivity contribution in [3.63, 3.8) is 0 Å². The van der Waals surface area contributed by atoms with Crippen LogP contribution < -0.4 is 20.1 Å². The van der Waals surface area contributed by atoms with Crippen LogP contribution in [0.5, 0.6) is 11.5 Å². The van der Waals surface area contributed by atoms with E-state index in [1.165, 1.54) is 6.07 Å². The van der Waals surface area contributed by atoms with Crippen molar-refractivity contribution < 1.29 is 23.0 Å². The van der Waals surface area contributed by atoms with Gasteiger partial charge in [0.2, 0.25) is 5.91 Å². The lowest BCUT2D eigenvalue weighted by Gasteiger charge is -2.14. The standard InChI is InChI=1S/C15H22F2N2O3/c1-3-8-21-12-5-4-11(13(9-12)22-15(16)17)10-19-14(20)6-7-18-2/h4-5,9,15,18H,3,6-8,10H2,1-2H3,(H,19,20). The number of ether oxygens (including phenoxy) is 2. The molecule has 0 aliphatic heterocycles. The number of halogens is 2. The summed E-state index contributed by atoms with van der Waals surface area (Å²) in [5, 5.41) is 5.53. The van der Waals surface area contributed by atoms with Crippen molar-refractivity contribution in [2.24, 2.45) is 0 Å². The van der Waals surface area contributed by atoms with Crippen LogP contribution in [0.1, 0.15) is 25.3 Å². The van der Waals surface area contributed by atoms with E-state index in [2.05, 4.69) is 15.4 Å². The molecule has 0 aliphatic carbocycles. The minimum Gasteiger partial charge on any atom is -0.493 e. The summed E-state index contributed by atoms with van der Waals surface area (Å²) in [6.07, 6.45) is 1.13. The van der Waals surface area contributed by atoms with E-state index < -0.39 is 6.61 Å². The predicted octanol–water partition coefficient (Wildman–Crippen LogP) is 2.30. The number of carbonyl (C=O) groups is 1. The molecule has 0 radical (unpaired) electrons. The lowest BCUT2D eigenvalue weighted by Crippen LogP contribution is -2.26. The first kappa shape index (κ1) is 18.2. The van der Waals surface area contributed by atoms with Crippen LogP contribution in [0.4, 0.5) is 8.78 Å². The minimum absolute atomic E-state index is 0.0116. The molecule has 0 saturated heterocycles. The zero-order valence-corrected chi connectivity index (χ0v) is 12.8. The van der Waals surface area contributed by atoms with Gasteiger partial charge in [-0.05, 0) is 25.6 Å². The first-order chi connectivity index (χ1) is 10.6. The molecule has 124 valence electrons. The summed E-state index contributed by atoms with van der Waals surface area (Å²) in [6.45, 7) is 0.189. The van der Waals surface area contributed by atoms with Gasteiger partial charge in [-0.15, -0.1) is 0 Å². The van der Waals surface area contributed by atoms with Gasteiger partial charge >= 0.3 is 6.61 Å². The van der Waals surface area contributed by atoms with Crippen LogP contribution in [-0.4, -0.2) is 32.7 Å². The molecule has 0 aliphatic rings. The van der Waals surface area contributed by atoms with Crippen molar-refractivity contribution in [3.05, 3.63) is 23.8 Å². The molecule has 0 spiro atoms. The summed E-state index contributed by atoms with van der Waals surface area (Å²) < 4.78 is 34.9. The van der Waals surface area contributed by atoms with Gasteiger partial charge in [0.05, 0.1) is 6.61 Å². The molecule has 5 nitrogen and oxygen atoms in total. The third kappa shape index (κ3) is 6.71. The van der Waals surface area contributed by atoms with Crippen LogP contribution in [0, 0.1) is 0 Å². The van der Waals surface area contributed by atoms with Gasteiger partial charge in [-0.1, -0.05) is 6.92 Å². The third-order valence-electron chi connectivity index (χ3n) is 2.81. The zero-order valence-electron chi connectivity index (χ0n) is 12.8. The molecule has 1 amide bonds. The fourth-order valence-corrected chi connectivity index (χ4v) is 1.72. The highest BCUT2D eigenvalue weighted by atomic mass is 19.3. The van der Waals surface area contributed by atoms with Gasteiger partial charge in [-0.2, -0.15) is 8.78 Å². The fraction of sp³-hybridized carbons (Fsp3) is 0.533. The molecule has 0 atom stereocenters. The van der Waals surface area contributed by atoms with E-state index in [-0.39, 0.29) is 18.2 Å². The highest BCUT2D eigenvalue weighted by Crippen LogP contribution is 2.26. The van der Waals surface area contributed by atoms with Gasteiger partial charge in [0.15, 0.2) is 0 Å². The SMILES string of the molecule is CCCOc1ccc(CNC(=O)CCNC)c(OC(F)F)c1. The molecule has 1 aromatic rings. The predicted molar refractivity (Wildman–Crippen MR) is 79.3 cm³/mol. The molecule has 2 N–H and O–H groups in total. The largest absolute Gasteiger partial charge is 0.493 e. The van der Waals surface area contributed by atoms with Crippen molar-refractivity contribution in [2.45, 2.75) is 32.9 Å². The maximum Gasteiger partial charge on any atom is 0.387 e. The molecule has 0 aromatic heterocycles. The summed E-state index contributed by atoms with van der Waals surface area (Å²) in [4.78, 5) is 11.6. The Morgan fingerprint density at radius 2 is 2.14 bits per heavy atom. The molecule has 0 fully saturated rings. The molecule has 0 bridgehead atoms. The van der Waals surface area contributed by atoms with E-state index in [1.807, 2.05) is 6.92 Å². The van der Waals surface area contributed by atoms with Gasteiger partial charge in [-0.25, -0.2) is 0 Å². The zero-order chi connectivity index (χ0) is 16.4. The minimum atomic E-state index is -2.93. The van der Waals surface area contributed by atoms with Crippen LogP contribution in [0.3, 0.4) is 0 Å². The monoisotopic (exact) mass is 316 g/mol. The second-order valence-electron chi connectivity index (χ2n) is 4.63. The van der Waals surface area contributed by atoms with Gasteiger partial charge in [-0.3, -0.25) is 4.79 Å². The van der Waals surface area contributed by atoms with Crippen LogP contribution in [0.2, 0.25) is 0 Å². The summed E-state index contributed by atoms with van der Waals surface area (Å²) in [7, 11) is 1.75. The van der Waals surface area contributed by atoms with Gasteiger partial charge in [0, 0.05) is 31.1 Å². The number of amides is 1. The molecule has 1 aromatic carbocycles. The Bertz CT molecular complexity index is 470. The van der Waals surface area contributed by atoms with Crippen LogP contribution in [-0.2, 0) is 11.3 Å². The second kappa shape index (κ2) is 9.94. The molecule has 1 rings (SSSR count). The Labute approximate surface area is 129 Å². The highest BCUT2D eigenvalue weighted by Gasteiger charge is 2.12. The van der Waals surface area contributed by atoms with Crippen LogP contribution in [0.15, 0.2) is 18.2 Å². The molecule has 22 heavy (non-hydrogen) atoms. The lowest BCUT2D eigenvalue weighted by molar-refractivity contribution is -0.121. The first-order valence-electron chi connectivity index (χ1n) is 7.18. The normalized spacial score (nSPS) is 10.6. The van der Waals surface area contributed by atoms with Crippen molar-refractivity contribution in [2.75, 3.05) is 20.2 Å². The van der Waals surface area contributed by atoms with E-state index in [4.69, 9.17) is 4.74 Å². The molecular weight excluding hydrogens is 294 g/mol. The first-order valence-corrected chi connectivity index (χ1v) is 7.18. The summed E-state index contributed by atoms with van der Waals surface area (Å²) in [5.74, 6) is 0.309. The van der Waals surface area contributed by atoms with Crippen molar-refractivity contribution in [1.29, 1.82) is 0 Å². The van der Waals surface area contributed by atoms with Gasteiger partial charge in [0.25, 0.3) is 0 Å². The van der Waals surface area contributed by atoms with Crippen LogP contribution in [0.25, 0.3) is 0 Å². The molecule has 0 heterocycles. The number of nitrogens with one attached hydrogen (secondary N) is 2. The smallest absolute Gasteiger partial charge is 0.387 e. The van der Waals surface area contributed by atoms with E-state index in [1.54, 1.807) is 19.2 Å². The third-order valence-corrected chi connectivity index (χ3v) is 2.81. The van der Waals surface area contributed by atoms with Crippen molar-refractivity contribution in [1.82, 2.24) is 10.6 Å². The maximum absolute atomic E-state index is 12.5. The maximum atomic E-state index is 12.5. The number of benzene rings is 1. The topological polar surface area (TPSA) is 59.6 Å². The van der Waals surface area contributed by atoms with Gasteiger partial charge in [0.1, 0.15) is 11.5 Å². The second-order valence-corrected chi connectivity index (χ2v) is 4.63. The number of hydrogen-bond acceptors (Lipinski definition) is 4. The number of hydrogen-bond donors (Lipinski definition) is 2. The molecule has 0 saturated carbocycles. The van der Waals surface area contributed by atoms with E-state index in [9.17, 15) is 13.6 Å². The van der Waals surface area contributed by atoms with Crippen molar-refractivity contribution >= 4 is 5.91 Å². The summed E-state index contributed by atoms with van der Waals surface area (Å²) >= 11 is 0. The number of rotatable bonds is 10. The molecule has 0 unspecified atom stereocenters.